The fraction of sp³-hybridized carbons (Fsp3) is 0.520. The number of cyclic esters (lactones) is 1. The molecule has 174 valence electrons. The number of hydrogen-bond acceptors (Lipinski definition) is 7. The summed E-state index contributed by atoms with van der Waals surface area (Å²) in [5.74, 6) is -0.341. The standard InChI is InChI=1S/C25H33NO4S2/c1-15(2)25(9-7-18-8-10-31-26-18)13-20(28)22(23(29)30-25)32-21-11-16(3)17(14-27)12-19(21)24(4,5)6/h8,10-12,15,27-28H,7,9,13-14H2,1-6H3. The second-order valence-corrected chi connectivity index (χ2v) is 11.6. The molecule has 0 saturated heterocycles. The quantitative estimate of drug-likeness (QED) is 0.473. The summed E-state index contributed by atoms with van der Waals surface area (Å²) in [6, 6.07) is 5.96. The van der Waals surface area contributed by atoms with Gasteiger partial charge < -0.3 is 14.9 Å². The lowest BCUT2D eigenvalue weighted by Gasteiger charge is -2.40. The minimum atomic E-state index is -0.752. The summed E-state index contributed by atoms with van der Waals surface area (Å²) in [6.45, 7) is 12.2. The van der Waals surface area contributed by atoms with Gasteiger partial charge in [0, 0.05) is 16.7 Å². The first-order valence-electron chi connectivity index (χ1n) is 10.9. The number of nitrogens with zero attached hydrogens (tertiary/aromatic N) is 1. The molecule has 2 aromatic rings. The third-order valence-corrected chi connectivity index (χ3v) is 7.95. The number of carbonyl (C=O) groups is 1. The van der Waals surface area contributed by atoms with Crippen LogP contribution in [0.2, 0.25) is 0 Å². The van der Waals surface area contributed by atoms with Crippen LogP contribution in [-0.2, 0) is 28.0 Å². The number of rotatable bonds is 7. The van der Waals surface area contributed by atoms with Gasteiger partial charge in [-0.2, -0.15) is 4.37 Å². The molecule has 5 nitrogen and oxygen atoms in total. The average molecular weight is 476 g/mol. The summed E-state index contributed by atoms with van der Waals surface area (Å²) in [6.07, 6.45) is 1.60. The monoisotopic (exact) mass is 475 g/mol. The van der Waals surface area contributed by atoms with Crippen LogP contribution in [0.4, 0.5) is 0 Å². The van der Waals surface area contributed by atoms with Gasteiger partial charge in [0.25, 0.3) is 0 Å². The van der Waals surface area contributed by atoms with Gasteiger partial charge in [-0.25, -0.2) is 4.79 Å². The largest absolute Gasteiger partial charge is 0.511 e. The minimum absolute atomic E-state index is 0.0360. The maximum atomic E-state index is 13.1. The highest BCUT2D eigenvalue weighted by Gasteiger charge is 2.44. The van der Waals surface area contributed by atoms with Crippen molar-refractivity contribution in [2.75, 3.05) is 0 Å². The van der Waals surface area contributed by atoms with Crippen LogP contribution in [0.5, 0.6) is 0 Å². The number of carbonyl (C=O) groups excluding carboxylic acids is 1. The van der Waals surface area contributed by atoms with Gasteiger partial charge in [0.2, 0.25) is 0 Å². The first-order valence-corrected chi connectivity index (χ1v) is 12.6. The van der Waals surface area contributed by atoms with Gasteiger partial charge in [0.05, 0.1) is 12.3 Å². The van der Waals surface area contributed by atoms with Gasteiger partial charge in [-0.1, -0.05) is 52.4 Å². The summed E-state index contributed by atoms with van der Waals surface area (Å²) < 4.78 is 10.4. The number of aromatic nitrogens is 1. The number of hydrogen-bond donors (Lipinski definition) is 2. The zero-order chi connectivity index (χ0) is 23.7. The summed E-state index contributed by atoms with van der Waals surface area (Å²) in [7, 11) is 0. The highest BCUT2D eigenvalue weighted by atomic mass is 32.2. The van der Waals surface area contributed by atoms with Gasteiger partial charge in [-0.3, -0.25) is 0 Å². The number of aryl methyl sites for hydroxylation is 2. The Morgan fingerprint density at radius 3 is 2.56 bits per heavy atom. The van der Waals surface area contributed by atoms with Crippen molar-refractivity contribution < 1.29 is 19.7 Å². The molecule has 0 spiro atoms. The topological polar surface area (TPSA) is 79.7 Å². The van der Waals surface area contributed by atoms with Crippen molar-refractivity contribution in [2.45, 2.75) is 83.3 Å². The number of ether oxygens (including phenoxy) is 1. The van der Waals surface area contributed by atoms with Crippen LogP contribution in [0.15, 0.2) is 39.1 Å². The highest BCUT2D eigenvalue weighted by molar-refractivity contribution is 8.04. The van der Waals surface area contributed by atoms with E-state index in [0.717, 1.165) is 27.3 Å². The molecule has 1 aromatic carbocycles. The molecule has 1 aromatic heterocycles. The molecule has 1 aliphatic rings. The van der Waals surface area contributed by atoms with Gasteiger partial charge in [-0.15, -0.1) is 0 Å². The fourth-order valence-corrected chi connectivity index (χ4v) is 5.79. The van der Waals surface area contributed by atoms with Crippen molar-refractivity contribution in [2.24, 2.45) is 5.92 Å². The maximum absolute atomic E-state index is 13.1. The molecular weight excluding hydrogens is 442 g/mol. The molecule has 0 amide bonds. The number of aliphatic hydroxyl groups excluding tert-OH is 2. The molecule has 2 N–H and O–H groups in total. The Balaban J connectivity index is 1.93. The van der Waals surface area contributed by atoms with Gasteiger partial charge in [0.1, 0.15) is 16.3 Å². The van der Waals surface area contributed by atoms with Crippen LogP contribution in [0.1, 0.15) is 69.8 Å². The molecule has 7 heteroatoms. The van der Waals surface area contributed by atoms with Crippen LogP contribution >= 0.6 is 23.3 Å². The SMILES string of the molecule is Cc1cc(SC2=C(O)CC(CCc3ccsn3)(C(C)C)OC2=O)c(C(C)(C)C)cc1CO. The molecule has 0 fully saturated rings. The van der Waals surface area contributed by atoms with E-state index in [0.29, 0.717) is 19.3 Å². The first-order chi connectivity index (χ1) is 15.0. The summed E-state index contributed by atoms with van der Waals surface area (Å²) in [4.78, 5) is 14.3. The van der Waals surface area contributed by atoms with E-state index in [-0.39, 0.29) is 28.6 Å². The molecule has 3 rings (SSSR count). The Labute approximate surface area is 199 Å². The van der Waals surface area contributed by atoms with E-state index >= 15 is 0 Å². The Hall–Kier alpha value is -1.83. The first kappa shape index (κ1) is 24.8. The average Bonchev–Trinajstić information content (AvgIpc) is 3.22. The number of aliphatic hydroxyl groups is 2. The molecule has 1 unspecified atom stereocenters. The molecule has 0 saturated carbocycles. The molecule has 32 heavy (non-hydrogen) atoms. The lowest BCUT2D eigenvalue weighted by Crippen LogP contribution is -2.44. The van der Waals surface area contributed by atoms with Crippen molar-refractivity contribution in [3.05, 3.63) is 56.6 Å². The number of benzene rings is 1. The number of esters is 1. The second kappa shape index (κ2) is 9.57. The summed E-state index contributed by atoms with van der Waals surface area (Å²) in [5.41, 5.74) is 2.87. The van der Waals surface area contributed by atoms with Gasteiger partial charge in [-0.05, 0) is 71.5 Å². The lowest BCUT2D eigenvalue weighted by molar-refractivity contribution is -0.164. The van der Waals surface area contributed by atoms with Crippen LogP contribution < -0.4 is 0 Å². The van der Waals surface area contributed by atoms with E-state index in [1.54, 1.807) is 0 Å². The molecule has 2 heterocycles. The third kappa shape index (κ3) is 5.21. The van der Waals surface area contributed by atoms with E-state index in [1.807, 2.05) is 44.4 Å². The second-order valence-electron chi connectivity index (χ2n) is 9.84. The van der Waals surface area contributed by atoms with E-state index in [9.17, 15) is 15.0 Å². The molecule has 0 radical (unpaired) electrons. The predicted octanol–water partition coefficient (Wildman–Crippen LogP) is 6.08. The molecule has 0 aliphatic carbocycles. The van der Waals surface area contributed by atoms with Crippen molar-refractivity contribution in [3.63, 3.8) is 0 Å². The molecule has 0 bridgehead atoms. The Bertz CT molecular complexity index is 1010. The van der Waals surface area contributed by atoms with Crippen LogP contribution in [0.3, 0.4) is 0 Å². The highest BCUT2D eigenvalue weighted by Crippen LogP contribution is 2.45. The Kier molecular flexibility index (Phi) is 7.42. The molecule has 1 atom stereocenters. The lowest BCUT2D eigenvalue weighted by atomic mass is 9.80. The van der Waals surface area contributed by atoms with Crippen molar-refractivity contribution in [1.29, 1.82) is 0 Å². The molecule has 1 aliphatic heterocycles. The zero-order valence-electron chi connectivity index (χ0n) is 19.7. The van der Waals surface area contributed by atoms with E-state index in [1.165, 1.54) is 23.3 Å². The Morgan fingerprint density at radius 2 is 2.03 bits per heavy atom. The minimum Gasteiger partial charge on any atom is -0.511 e. The maximum Gasteiger partial charge on any atom is 0.349 e. The Morgan fingerprint density at radius 1 is 1.31 bits per heavy atom. The van der Waals surface area contributed by atoms with Crippen molar-refractivity contribution in [3.8, 4) is 0 Å². The van der Waals surface area contributed by atoms with Crippen molar-refractivity contribution >= 4 is 29.3 Å². The number of thioether (sulfide) groups is 1. The third-order valence-electron chi connectivity index (χ3n) is 6.19. The van der Waals surface area contributed by atoms with Gasteiger partial charge >= 0.3 is 5.97 Å². The van der Waals surface area contributed by atoms with Crippen LogP contribution in [0.25, 0.3) is 0 Å². The fourth-order valence-electron chi connectivity index (χ4n) is 3.98. The normalized spacial score (nSPS) is 19.6. The smallest absolute Gasteiger partial charge is 0.349 e. The van der Waals surface area contributed by atoms with E-state index in [2.05, 4.69) is 25.1 Å². The van der Waals surface area contributed by atoms with Gasteiger partial charge in [0.15, 0.2) is 0 Å². The van der Waals surface area contributed by atoms with Crippen LogP contribution in [-0.4, -0.2) is 26.2 Å². The van der Waals surface area contributed by atoms with Crippen molar-refractivity contribution in [1.82, 2.24) is 4.37 Å². The zero-order valence-corrected chi connectivity index (χ0v) is 21.3. The van der Waals surface area contributed by atoms with Crippen LogP contribution in [0, 0.1) is 12.8 Å². The predicted molar refractivity (Wildman–Crippen MR) is 130 cm³/mol. The molecular formula is C25H33NO4S2. The summed E-state index contributed by atoms with van der Waals surface area (Å²) >= 11 is 2.67. The summed E-state index contributed by atoms with van der Waals surface area (Å²) in [5, 5.41) is 22.6. The van der Waals surface area contributed by atoms with E-state index in [4.69, 9.17) is 4.74 Å². The van der Waals surface area contributed by atoms with E-state index < -0.39 is 11.6 Å².